The predicted molar refractivity (Wildman–Crippen MR) is 70.0 cm³/mol. The van der Waals surface area contributed by atoms with Gasteiger partial charge in [-0.3, -0.25) is 0 Å². The summed E-state index contributed by atoms with van der Waals surface area (Å²) in [5.41, 5.74) is 6.67. The van der Waals surface area contributed by atoms with Crippen molar-refractivity contribution in [2.75, 3.05) is 12.3 Å². The Balaban J connectivity index is 2.07. The molecular formula is C11H13ClN4O4. The van der Waals surface area contributed by atoms with Gasteiger partial charge in [0, 0.05) is 6.07 Å². The van der Waals surface area contributed by atoms with E-state index in [1.165, 1.54) is 17.0 Å². The van der Waals surface area contributed by atoms with Gasteiger partial charge in [-0.15, -0.1) is 0 Å². The van der Waals surface area contributed by atoms with Crippen molar-refractivity contribution in [3.63, 3.8) is 0 Å². The van der Waals surface area contributed by atoms with Crippen LogP contribution in [0.3, 0.4) is 0 Å². The predicted octanol–water partition coefficient (Wildman–Crippen LogP) is -0.722. The van der Waals surface area contributed by atoms with Crippen molar-refractivity contribution in [2.45, 2.75) is 24.5 Å². The van der Waals surface area contributed by atoms with Gasteiger partial charge < -0.3 is 30.4 Å². The molecule has 0 spiro atoms. The van der Waals surface area contributed by atoms with Crippen LogP contribution in [0.4, 0.5) is 5.82 Å². The van der Waals surface area contributed by atoms with Gasteiger partial charge in [0.1, 0.15) is 29.0 Å². The van der Waals surface area contributed by atoms with E-state index in [-0.39, 0.29) is 11.0 Å². The molecule has 0 saturated carbocycles. The summed E-state index contributed by atoms with van der Waals surface area (Å²) in [6, 6.07) is 1.54. The van der Waals surface area contributed by atoms with Crippen LogP contribution >= 0.6 is 11.6 Å². The van der Waals surface area contributed by atoms with Crippen LogP contribution in [0.1, 0.15) is 6.23 Å². The zero-order valence-corrected chi connectivity index (χ0v) is 11.0. The highest BCUT2D eigenvalue weighted by atomic mass is 35.5. The van der Waals surface area contributed by atoms with Crippen molar-refractivity contribution in [2.24, 2.45) is 0 Å². The van der Waals surface area contributed by atoms with Crippen molar-refractivity contribution >= 4 is 28.5 Å². The van der Waals surface area contributed by atoms with Gasteiger partial charge >= 0.3 is 0 Å². The number of anilines is 1. The highest BCUT2D eigenvalue weighted by Crippen LogP contribution is 2.33. The third kappa shape index (κ3) is 1.93. The van der Waals surface area contributed by atoms with Crippen LogP contribution in [0.15, 0.2) is 12.4 Å². The number of pyridine rings is 1. The summed E-state index contributed by atoms with van der Waals surface area (Å²) in [4.78, 5) is 7.98. The SMILES string of the molecule is Nc1nc(Cl)cc2c1ncn2[C@@H]1O[C@H](CO)[C@H](O)[C@@H]1O. The Kier molecular flexibility index (Phi) is 3.27. The average Bonchev–Trinajstić information content (AvgIpc) is 2.93. The fourth-order valence-corrected chi connectivity index (χ4v) is 2.53. The molecule has 0 aliphatic carbocycles. The molecule has 1 saturated heterocycles. The lowest BCUT2D eigenvalue weighted by atomic mass is 10.1. The second-order valence-electron chi connectivity index (χ2n) is 4.58. The molecule has 0 unspecified atom stereocenters. The molecule has 3 heterocycles. The molecule has 108 valence electrons. The maximum atomic E-state index is 10.0. The van der Waals surface area contributed by atoms with Crippen molar-refractivity contribution < 1.29 is 20.1 Å². The lowest BCUT2D eigenvalue weighted by Crippen LogP contribution is -2.33. The Morgan fingerprint density at radius 2 is 2.15 bits per heavy atom. The molecule has 0 bridgehead atoms. The molecule has 2 aromatic rings. The quantitative estimate of drug-likeness (QED) is 0.539. The van der Waals surface area contributed by atoms with Crippen molar-refractivity contribution in [1.82, 2.24) is 14.5 Å². The first-order valence-electron chi connectivity index (χ1n) is 5.94. The van der Waals surface area contributed by atoms with Crippen LogP contribution in [0, 0.1) is 0 Å². The third-order valence-corrected chi connectivity index (χ3v) is 3.54. The van der Waals surface area contributed by atoms with Gasteiger partial charge in [-0.1, -0.05) is 11.6 Å². The highest BCUT2D eigenvalue weighted by Gasteiger charge is 2.43. The standard InChI is InChI=1S/C11H13ClN4O4/c12-6-1-4-7(10(13)15-6)14-3-16(4)11-9(19)8(18)5(2-17)20-11/h1,3,5,8-9,11,17-19H,2H2,(H2,13,15)/t5-,8+,9+,11-/m1/s1. The number of halogens is 1. The molecule has 1 aliphatic rings. The minimum atomic E-state index is -1.20. The number of nitrogen functional groups attached to an aromatic ring is 1. The number of hydrogen-bond donors (Lipinski definition) is 4. The molecule has 9 heteroatoms. The zero-order valence-electron chi connectivity index (χ0n) is 10.2. The van der Waals surface area contributed by atoms with Crippen LogP contribution in [0.25, 0.3) is 11.0 Å². The molecule has 1 fully saturated rings. The summed E-state index contributed by atoms with van der Waals surface area (Å²) < 4.78 is 6.94. The second kappa shape index (κ2) is 4.83. The Morgan fingerprint density at radius 3 is 2.80 bits per heavy atom. The second-order valence-corrected chi connectivity index (χ2v) is 4.97. The maximum absolute atomic E-state index is 10.0. The van der Waals surface area contributed by atoms with E-state index < -0.39 is 31.1 Å². The van der Waals surface area contributed by atoms with Gasteiger partial charge in [-0.25, -0.2) is 9.97 Å². The third-order valence-electron chi connectivity index (χ3n) is 3.35. The number of nitrogens with two attached hydrogens (primary N) is 1. The van der Waals surface area contributed by atoms with E-state index in [2.05, 4.69) is 9.97 Å². The molecular weight excluding hydrogens is 288 g/mol. The lowest BCUT2D eigenvalue weighted by Gasteiger charge is -2.17. The van der Waals surface area contributed by atoms with Crippen LogP contribution < -0.4 is 5.73 Å². The Hall–Kier alpha value is -1.45. The minimum Gasteiger partial charge on any atom is -0.394 e. The maximum Gasteiger partial charge on any atom is 0.164 e. The number of hydrogen-bond acceptors (Lipinski definition) is 7. The smallest absolute Gasteiger partial charge is 0.164 e. The highest BCUT2D eigenvalue weighted by molar-refractivity contribution is 6.30. The van der Waals surface area contributed by atoms with E-state index >= 15 is 0 Å². The Bertz CT molecular complexity index is 649. The molecule has 0 amide bonds. The fourth-order valence-electron chi connectivity index (χ4n) is 2.34. The summed E-state index contributed by atoms with van der Waals surface area (Å²) in [5, 5.41) is 29.1. The summed E-state index contributed by atoms with van der Waals surface area (Å²) in [6.45, 7) is -0.397. The molecule has 0 radical (unpaired) electrons. The zero-order chi connectivity index (χ0) is 14.4. The fraction of sp³-hybridized carbons (Fsp3) is 0.455. The van der Waals surface area contributed by atoms with Gasteiger partial charge in [0.25, 0.3) is 0 Å². The number of aliphatic hydroxyl groups is 3. The molecule has 5 N–H and O–H groups in total. The van der Waals surface area contributed by atoms with Crippen LogP contribution in [-0.2, 0) is 4.74 Å². The molecule has 2 aromatic heterocycles. The first-order chi connectivity index (χ1) is 9.52. The molecule has 1 aliphatic heterocycles. The van der Waals surface area contributed by atoms with E-state index in [4.69, 9.17) is 27.2 Å². The normalized spacial score (nSPS) is 30.2. The molecule has 4 atom stereocenters. The van der Waals surface area contributed by atoms with Gasteiger partial charge in [0.2, 0.25) is 0 Å². The van der Waals surface area contributed by atoms with E-state index in [1.54, 1.807) is 0 Å². The van der Waals surface area contributed by atoms with Crippen molar-refractivity contribution in [3.05, 3.63) is 17.5 Å². The van der Waals surface area contributed by atoms with Crippen LogP contribution in [-0.4, -0.2) is 54.8 Å². The first-order valence-corrected chi connectivity index (χ1v) is 6.31. The summed E-state index contributed by atoms with van der Waals surface area (Å²) >= 11 is 5.86. The molecule has 20 heavy (non-hydrogen) atoms. The lowest BCUT2D eigenvalue weighted by molar-refractivity contribution is -0.0508. The largest absolute Gasteiger partial charge is 0.394 e. The number of rotatable bonds is 2. The number of aliphatic hydroxyl groups excluding tert-OH is 3. The first kappa shape index (κ1) is 13.5. The number of aromatic nitrogens is 3. The van der Waals surface area contributed by atoms with Gasteiger partial charge in [0.15, 0.2) is 12.0 Å². The summed E-state index contributed by atoms with van der Waals surface area (Å²) in [6.07, 6.45) is -2.71. The Labute approximate surface area is 118 Å². The van der Waals surface area contributed by atoms with E-state index in [0.29, 0.717) is 11.0 Å². The topological polar surface area (TPSA) is 127 Å². The van der Waals surface area contributed by atoms with Crippen molar-refractivity contribution in [3.8, 4) is 0 Å². The molecule has 8 nitrogen and oxygen atoms in total. The number of fused-ring (bicyclic) bond motifs is 1. The Morgan fingerprint density at radius 1 is 1.40 bits per heavy atom. The van der Waals surface area contributed by atoms with Crippen LogP contribution in [0.5, 0.6) is 0 Å². The van der Waals surface area contributed by atoms with Gasteiger partial charge in [0.05, 0.1) is 18.5 Å². The minimum absolute atomic E-state index is 0.165. The monoisotopic (exact) mass is 300 g/mol. The van der Waals surface area contributed by atoms with Crippen LogP contribution in [0.2, 0.25) is 5.15 Å². The van der Waals surface area contributed by atoms with E-state index in [1.807, 2.05) is 0 Å². The number of nitrogens with zero attached hydrogens (tertiary/aromatic N) is 3. The average molecular weight is 301 g/mol. The van der Waals surface area contributed by atoms with E-state index in [9.17, 15) is 10.2 Å². The summed E-state index contributed by atoms with van der Waals surface area (Å²) in [7, 11) is 0. The number of ether oxygens (including phenoxy) is 1. The molecule has 3 rings (SSSR count). The summed E-state index contributed by atoms with van der Waals surface area (Å²) in [5.74, 6) is 0.165. The molecule has 0 aromatic carbocycles. The number of imidazole rings is 1. The van der Waals surface area contributed by atoms with Gasteiger partial charge in [-0.2, -0.15) is 0 Å². The van der Waals surface area contributed by atoms with Gasteiger partial charge in [-0.05, 0) is 0 Å². The van der Waals surface area contributed by atoms with E-state index in [0.717, 1.165) is 0 Å². The van der Waals surface area contributed by atoms with Crippen molar-refractivity contribution in [1.29, 1.82) is 0 Å².